The number of benzene rings is 2. The molecule has 1 aliphatic heterocycles. The van der Waals surface area contributed by atoms with Crippen molar-refractivity contribution in [2.24, 2.45) is 17.1 Å². The number of rotatable bonds is 6. The molecule has 2 N–H and O–H groups in total. The van der Waals surface area contributed by atoms with Crippen LogP contribution in [0.1, 0.15) is 59.5 Å². The lowest BCUT2D eigenvalue weighted by Crippen LogP contribution is -2.84. The van der Waals surface area contributed by atoms with Gasteiger partial charge in [0.05, 0.1) is 10.5 Å². The molecule has 2 atom stereocenters. The van der Waals surface area contributed by atoms with Crippen molar-refractivity contribution in [2.45, 2.75) is 54.6 Å². The van der Waals surface area contributed by atoms with Crippen LogP contribution in [-0.2, 0) is 20.8 Å². The molecule has 0 radical (unpaired) electrons. The molecule has 2 saturated carbocycles. The summed E-state index contributed by atoms with van der Waals surface area (Å²) >= 11 is 0. The molecule has 2 aliphatic carbocycles. The minimum atomic E-state index is -4.74. The molecular formula is C26H26F4N2O4S. The Kier molecular flexibility index (Phi) is 5.75. The van der Waals surface area contributed by atoms with E-state index in [1.807, 2.05) is 0 Å². The summed E-state index contributed by atoms with van der Waals surface area (Å²) in [5, 5.41) is 0. The SMILES string of the molecule is CS(=O)(=O)c1cccc(C(=O)N2CC3(CCC3)C2(C(N)=O)[C@@H](c2ccc(C(F)(F)F)cc2F)C2CC2)c1. The minimum Gasteiger partial charge on any atom is -0.368 e. The molecule has 198 valence electrons. The molecule has 6 nitrogen and oxygen atoms in total. The molecule has 0 aromatic heterocycles. The summed E-state index contributed by atoms with van der Waals surface area (Å²) in [4.78, 5) is 28.4. The molecule has 1 heterocycles. The van der Waals surface area contributed by atoms with Gasteiger partial charge in [0.25, 0.3) is 5.91 Å². The number of primary amides is 1. The van der Waals surface area contributed by atoms with Crippen LogP contribution in [0.25, 0.3) is 0 Å². The second-order valence-corrected chi connectivity index (χ2v) is 12.5. The van der Waals surface area contributed by atoms with Gasteiger partial charge in [-0.25, -0.2) is 12.8 Å². The van der Waals surface area contributed by atoms with Gasteiger partial charge in [0.15, 0.2) is 9.84 Å². The lowest BCUT2D eigenvalue weighted by molar-refractivity contribution is -0.197. The summed E-state index contributed by atoms with van der Waals surface area (Å²) < 4.78 is 79.2. The van der Waals surface area contributed by atoms with Gasteiger partial charge in [-0.1, -0.05) is 18.6 Å². The topological polar surface area (TPSA) is 97.5 Å². The van der Waals surface area contributed by atoms with Crippen molar-refractivity contribution in [2.75, 3.05) is 12.8 Å². The van der Waals surface area contributed by atoms with Crippen LogP contribution in [0, 0.1) is 17.2 Å². The number of hydrogen-bond acceptors (Lipinski definition) is 4. The van der Waals surface area contributed by atoms with Crippen molar-refractivity contribution in [1.82, 2.24) is 4.90 Å². The average Bonchev–Trinajstić information content (AvgIpc) is 3.59. The lowest BCUT2D eigenvalue weighted by Gasteiger charge is -2.71. The quantitative estimate of drug-likeness (QED) is 0.555. The molecule has 2 amide bonds. The molecule has 3 fully saturated rings. The Labute approximate surface area is 211 Å². The summed E-state index contributed by atoms with van der Waals surface area (Å²) in [5.74, 6) is -3.72. The molecule has 3 aliphatic rings. The highest BCUT2D eigenvalue weighted by molar-refractivity contribution is 7.90. The number of sulfone groups is 1. The zero-order chi connectivity index (χ0) is 27.0. The Morgan fingerprint density at radius 3 is 2.27 bits per heavy atom. The highest BCUT2D eigenvalue weighted by Crippen LogP contribution is 2.68. The number of nitrogens with zero attached hydrogens (tertiary/aromatic N) is 1. The normalized spacial score (nSPS) is 23.8. The van der Waals surface area contributed by atoms with E-state index in [0.29, 0.717) is 31.7 Å². The smallest absolute Gasteiger partial charge is 0.368 e. The van der Waals surface area contributed by atoms with Crippen molar-refractivity contribution < 1.29 is 35.6 Å². The van der Waals surface area contributed by atoms with Gasteiger partial charge in [-0.15, -0.1) is 0 Å². The van der Waals surface area contributed by atoms with E-state index in [-0.39, 0.29) is 28.5 Å². The highest BCUT2D eigenvalue weighted by Gasteiger charge is 2.75. The molecule has 2 aromatic rings. The van der Waals surface area contributed by atoms with Crippen LogP contribution in [0.15, 0.2) is 47.4 Å². The van der Waals surface area contributed by atoms with E-state index in [0.717, 1.165) is 24.8 Å². The fourth-order valence-electron chi connectivity index (χ4n) is 6.38. The summed E-state index contributed by atoms with van der Waals surface area (Å²) in [5.41, 5.74) is 2.50. The molecule has 0 bridgehead atoms. The van der Waals surface area contributed by atoms with Gasteiger partial charge in [0, 0.05) is 29.7 Å². The van der Waals surface area contributed by atoms with Crippen molar-refractivity contribution in [3.8, 4) is 0 Å². The standard InChI is InChI=1S/C26H26F4N2O4S/c1-37(35,36)18-5-2-4-16(12-18)22(33)32-14-24(10-3-11-24)25(32,23(31)34)21(15-6-7-15)19-9-8-17(13-20(19)27)26(28,29)30/h2,4-5,8-9,12-13,15,21H,3,6-7,10-11,14H2,1H3,(H2,31,34)/t21-,25?/m1/s1. The zero-order valence-electron chi connectivity index (χ0n) is 20.0. The van der Waals surface area contributed by atoms with E-state index in [1.165, 1.54) is 29.2 Å². The molecular weight excluding hydrogens is 512 g/mol. The van der Waals surface area contributed by atoms with Gasteiger partial charge in [0.1, 0.15) is 11.4 Å². The molecule has 11 heteroatoms. The third kappa shape index (κ3) is 3.84. The number of alkyl halides is 3. The van der Waals surface area contributed by atoms with E-state index >= 15 is 4.39 Å². The average molecular weight is 539 g/mol. The van der Waals surface area contributed by atoms with E-state index < -0.39 is 56.1 Å². The maximum absolute atomic E-state index is 15.4. The Bertz CT molecular complexity index is 1400. The van der Waals surface area contributed by atoms with Crippen LogP contribution in [0.4, 0.5) is 17.6 Å². The van der Waals surface area contributed by atoms with E-state index in [2.05, 4.69) is 0 Å². The van der Waals surface area contributed by atoms with Crippen LogP contribution < -0.4 is 5.73 Å². The highest BCUT2D eigenvalue weighted by atomic mass is 32.2. The van der Waals surface area contributed by atoms with Crippen molar-refractivity contribution in [1.29, 1.82) is 0 Å². The second kappa shape index (κ2) is 8.28. The van der Waals surface area contributed by atoms with Gasteiger partial charge in [-0.05, 0) is 67.5 Å². The fraction of sp³-hybridized carbons (Fsp3) is 0.462. The summed E-state index contributed by atoms with van der Waals surface area (Å²) in [7, 11) is -3.62. The van der Waals surface area contributed by atoms with E-state index in [1.54, 1.807) is 0 Å². The van der Waals surface area contributed by atoms with Crippen LogP contribution in [0.3, 0.4) is 0 Å². The second-order valence-electron chi connectivity index (χ2n) is 10.5. The van der Waals surface area contributed by atoms with Crippen molar-refractivity contribution in [3.63, 3.8) is 0 Å². The zero-order valence-corrected chi connectivity index (χ0v) is 20.8. The Balaban J connectivity index is 1.65. The molecule has 2 aromatic carbocycles. The first-order valence-corrected chi connectivity index (χ1v) is 13.9. The first-order chi connectivity index (χ1) is 17.2. The Hall–Kier alpha value is -2.95. The van der Waals surface area contributed by atoms with Gasteiger partial charge < -0.3 is 10.6 Å². The van der Waals surface area contributed by atoms with Crippen LogP contribution in [0.5, 0.6) is 0 Å². The molecule has 1 spiro atoms. The predicted molar refractivity (Wildman–Crippen MR) is 126 cm³/mol. The number of carbonyl (C=O) groups excluding carboxylic acids is 2. The third-order valence-corrected chi connectivity index (χ3v) is 9.45. The lowest BCUT2D eigenvalue weighted by atomic mass is 9.45. The van der Waals surface area contributed by atoms with Crippen LogP contribution in [0.2, 0.25) is 0 Å². The van der Waals surface area contributed by atoms with Crippen LogP contribution >= 0.6 is 0 Å². The van der Waals surface area contributed by atoms with E-state index in [4.69, 9.17) is 5.73 Å². The first-order valence-electron chi connectivity index (χ1n) is 12.0. The van der Waals surface area contributed by atoms with Gasteiger partial charge >= 0.3 is 6.18 Å². The first kappa shape index (κ1) is 25.7. The number of halogens is 4. The van der Waals surface area contributed by atoms with Crippen molar-refractivity contribution >= 4 is 21.7 Å². The van der Waals surface area contributed by atoms with E-state index in [9.17, 15) is 31.2 Å². The maximum atomic E-state index is 15.4. The molecule has 5 rings (SSSR count). The third-order valence-electron chi connectivity index (χ3n) is 8.34. The summed E-state index contributed by atoms with van der Waals surface area (Å²) in [6, 6.07) is 7.69. The number of nitrogens with two attached hydrogens (primary N) is 1. The number of hydrogen-bond donors (Lipinski definition) is 1. The molecule has 1 unspecified atom stereocenters. The number of likely N-dealkylation sites (tertiary alicyclic amines) is 1. The monoisotopic (exact) mass is 538 g/mol. The molecule has 1 saturated heterocycles. The fourth-order valence-corrected chi connectivity index (χ4v) is 7.05. The Morgan fingerprint density at radius 2 is 1.78 bits per heavy atom. The largest absolute Gasteiger partial charge is 0.416 e. The summed E-state index contributed by atoms with van der Waals surface area (Å²) in [6.45, 7) is 0.170. The maximum Gasteiger partial charge on any atom is 0.416 e. The Morgan fingerprint density at radius 1 is 1.11 bits per heavy atom. The number of amides is 2. The minimum absolute atomic E-state index is 0.0326. The number of carbonyl (C=O) groups is 2. The van der Waals surface area contributed by atoms with Crippen LogP contribution in [-0.4, -0.2) is 43.5 Å². The van der Waals surface area contributed by atoms with Crippen molar-refractivity contribution in [3.05, 3.63) is 65.0 Å². The van der Waals surface area contributed by atoms with Gasteiger partial charge in [0.2, 0.25) is 5.91 Å². The van der Waals surface area contributed by atoms with Gasteiger partial charge in [-0.2, -0.15) is 13.2 Å². The van der Waals surface area contributed by atoms with Gasteiger partial charge in [-0.3, -0.25) is 9.59 Å². The summed E-state index contributed by atoms with van der Waals surface area (Å²) in [6.07, 6.45) is -0.609. The molecule has 37 heavy (non-hydrogen) atoms. The predicted octanol–water partition coefficient (Wildman–Crippen LogP) is 4.29.